The van der Waals surface area contributed by atoms with Crippen LogP contribution in [0.1, 0.15) is 10.4 Å². The van der Waals surface area contributed by atoms with Gasteiger partial charge in [-0.15, -0.1) is 6.58 Å². The normalized spacial score (nSPS) is 9.50. The lowest BCUT2D eigenvalue weighted by Gasteiger charge is -2.13. The van der Waals surface area contributed by atoms with Crippen LogP contribution in [0.4, 0.5) is 0 Å². The van der Waals surface area contributed by atoms with Crippen LogP contribution in [-0.2, 0) is 0 Å². The lowest BCUT2D eigenvalue weighted by atomic mass is 10.2. The highest BCUT2D eigenvalue weighted by Crippen LogP contribution is 1.95. The molecule has 4 nitrogen and oxygen atoms in total. The van der Waals surface area contributed by atoms with Crippen molar-refractivity contribution in [1.82, 2.24) is 9.88 Å². The first-order valence-corrected chi connectivity index (χ1v) is 4.20. The van der Waals surface area contributed by atoms with Crippen molar-refractivity contribution in [1.29, 1.82) is 0 Å². The van der Waals surface area contributed by atoms with Crippen molar-refractivity contribution in [3.63, 3.8) is 0 Å². The number of amides is 1. The number of nitrogens with one attached hydrogen (secondary N) is 1. The molecule has 0 bridgehead atoms. The fraction of sp³-hybridized carbons (Fsp3) is 0.200. The van der Waals surface area contributed by atoms with Crippen LogP contribution in [-0.4, -0.2) is 29.4 Å². The average molecular weight is 192 g/mol. The number of pyridine rings is 1. The third-order valence-corrected chi connectivity index (χ3v) is 1.80. The van der Waals surface area contributed by atoms with Gasteiger partial charge in [0.2, 0.25) is 0 Å². The molecule has 0 fully saturated rings. The van der Waals surface area contributed by atoms with Gasteiger partial charge in [0.15, 0.2) is 5.43 Å². The molecule has 0 saturated carbocycles. The monoisotopic (exact) mass is 192 g/mol. The van der Waals surface area contributed by atoms with E-state index in [1.165, 1.54) is 23.4 Å². The molecule has 0 spiro atoms. The lowest BCUT2D eigenvalue weighted by molar-refractivity contribution is 0.0808. The van der Waals surface area contributed by atoms with Crippen LogP contribution < -0.4 is 5.43 Å². The third kappa shape index (κ3) is 2.10. The first-order chi connectivity index (χ1) is 6.66. The molecular weight excluding hydrogens is 180 g/mol. The molecule has 1 rings (SSSR count). The summed E-state index contributed by atoms with van der Waals surface area (Å²) >= 11 is 0. The second-order valence-electron chi connectivity index (χ2n) is 2.90. The largest absolute Gasteiger partial charge is 0.367 e. The van der Waals surface area contributed by atoms with E-state index >= 15 is 0 Å². The van der Waals surface area contributed by atoms with E-state index in [9.17, 15) is 9.59 Å². The predicted octanol–water partition coefficient (Wildman–Crippen LogP) is 0.633. The van der Waals surface area contributed by atoms with Crippen LogP contribution in [0.2, 0.25) is 0 Å². The first kappa shape index (κ1) is 10.2. The van der Waals surface area contributed by atoms with Gasteiger partial charge in [-0.05, 0) is 0 Å². The van der Waals surface area contributed by atoms with Crippen LogP contribution in [0.3, 0.4) is 0 Å². The number of hydrogen-bond acceptors (Lipinski definition) is 2. The molecule has 0 aliphatic heterocycles. The number of rotatable bonds is 3. The predicted molar refractivity (Wildman–Crippen MR) is 54.2 cm³/mol. The molecule has 0 aliphatic carbocycles. The number of aromatic nitrogens is 1. The van der Waals surface area contributed by atoms with Gasteiger partial charge in [0.25, 0.3) is 5.91 Å². The number of likely N-dealkylation sites (N-methyl/N-ethyl adjacent to an activating group) is 1. The van der Waals surface area contributed by atoms with E-state index in [0.29, 0.717) is 6.54 Å². The number of H-pyrrole nitrogens is 1. The molecule has 0 aliphatic rings. The van der Waals surface area contributed by atoms with Crippen LogP contribution in [0.25, 0.3) is 0 Å². The van der Waals surface area contributed by atoms with Crippen LogP contribution in [0.5, 0.6) is 0 Å². The Bertz CT molecular complexity index is 395. The summed E-state index contributed by atoms with van der Waals surface area (Å²) in [4.78, 5) is 27.0. The molecule has 1 N–H and O–H groups in total. The Morgan fingerprint density at radius 2 is 2.43 bits per heavy atom. The molecule has 1 aromatic heterocycles. The molecule has 0 atom stereocenters. The van der Waals surface area contributed by atoms with Gasteiger partial charge >= 0.3 is 0 Å². The molecule has 1 amide bonds. The van der Waals surface area contributed by atoms with E-state index in [0.717, 1.165) is 0 Å². The maximum Gasteiger partial charge on any atom is 0.259 e. The summed E-state index contributed by atoms with van der Waals surface area (Å²) in [6.07, 6.45) is 4.51. The molecule has 0 saturated heterocycles. The second-order valence-corrected chi connectivity index (χ2v) is 2.90. The molecular formula is C10H12N2O2. The van der Waals surface area contributed by atoms with Crippen LogP contribution in [0, 0.1) is 0 Å². The van der Waals surface area contributed by atoms with Gasteiger partial charge < -0.3 is 9.88 Å². The minimum absolute atomic E-state index is 0.150. The fourth-order valence-electron chi connectivity index (χ4n) is 1.07. The lowest BCUT2D eigenvalue weighted by Crippen LogP contribution is -2.30. The Labute approximate surface area is 81.9 Å². The zero-order chi connectivity index (χ0) is 10.6. The van der Waals surface area contributed by atoms with Crippen LogP contribution in [0.15, 0.2) is 35.9 Å². The van der Waals surface area contributed by atoms with E-state index in [1.807, 2.05) is 0 Å². The molecule has 74 valence electrons. The van der Waals surface area contributed by atoms with Crippen molar-refractivity contribution in [3.05, 3.63) is 46.9 Å². The number of carbonyl (C=O) groups is 1. The van der Waals surface area contributed by atoms with Gasteiger partial charge in [0.1, 0.15) is 5.56 Å². The van der Waals surface area contributed by atoms with Crippen molar-refractivity contribution < 1.29 is 4.79 Å². The van der Waals surface area contributed by atoms with Crippen molar-refractivity contribution >= 4 is 5.91 Å². The molecule has 1 aromatic rings. The summed E-state index contributed by atoms with van der Waals surface area (Å²) in [5.41, 5.74) is -0.124. The third-order valence-electron chi connectivity index (χ3n) is 1.80. The van der Waals surface area contributed by atoms with E-state index in [2.05, 4.69) is 11.6 Å². The Morgan fingerprint density at radius 3 is 3.00 bits per heavy atom. The van der Waals surface area contributed by atoms with Gasteiger partial charge in [-0.25, -0.2) is 0 Å². The van der Waals surface area contributed by atoms with Gasteiger partial charge in [-0.1, -0.05) is 6.08 Å². The van der Waals surface area contributed by atoms with E-state index in [-0.39, 0.29) is 16.9 Å². The zero-order valence-electron chi connectivity index (χ0n) is 7.99. The SMILES string of the molecule is C=CCN(C)C(=O)c1c[nH]ccc1=O. The molecule has 0 radical (unpaired) electrons. The Hall–Kier alpha value is -1.84. The van der Waals surface area contributed by atoms with E-state index in [1.54, 1.807) is 13.1 Å². The minimum atomic E-state index is -0.299. The quantitative estimate of drug-likeness (QED) is 0.714. The Balaban J connectivity index is 2.95. The van der Waals surface area contributed by atoms with Crippen LogP contribution >= 0.6 is 0 Å². The van der Waals surface area contributed by atoms with Gasteiger partial charge in [0, 0.05) is 32.1 Å². The maximum atomic E-state index is 11.6. The number of nitrogens with zero attached hydrogens (tertiary/aromatic N) is 1. The Morgan fingerprint density at radius 1 is 1.71 bits per heavy atom. The van der Waals surface area contributed by atoms with Crippen molar-refractivity contribution in [2.75, 3.05) is 13.6 Å². The van der Waals surface area contributed by atoms with Gasteiger partial charge in [0.05, 0.1) is 0 Å². The summed E-state index contributed by atoms with van der Waals surface area (Å²) in [5.74, 6) is -0.299. The summed E-state index contributed by atoms with van der Waals surface area (Å²) < 4.78 is 0. The number of hydrogen-bond donors (Lipinski definition) is 1. The van der Waals surface area contributed by atoms with Crippen molar-refractivity contribution in [2.24, 2.45) is 0 Å². The number of carbonyl (C=O) groups excluding carboxylic acids is 1. The van der Waals surface area contributed by atoms with E-state index in [4.69, 9.17) is 0 Å². The zero-order valence-corrected chi connectivity index (χ0v) is 7.99. The highest BCUT2D eigenvalue weighted by molar-refractivity contribution is 5.93. The smallest absolute Gasteiger partial charge is 0.259 e. The average Bonchev–Trinajstić information content (AvgIpc) is 2.18. The number of aromatic amines is 1. The highest BCUT2D eigenvalue weighted by Gasteiger charge is 2.12. The second kappa shape index (κ2) is 4.41. The summed E-state index contributed by atoms with van der Waals surface area (Å²) in [5, 5.41) is 0. The van der Waals surface area contributed by atoms with Crippen molar-refractivity contribution in [2.45, 2.75) is 0 Å². The molecule has 14 heavy (non-hydrogen) atoms. The molecule has 0 aromatic carbocycles. The minimum Gasteiger partial charge on any atom is -0.367 e. The molecule has 0 unspecified atom stereocenters. The summed E-state index contributed by atoms with van der Waals surface area (Å²) in [6.45, 7) is 3.94. The van der Waals surface area contributed by atoms with Gasteiger partial charge in [-0.2, -0.15) is 0 Å². The summed E-state index contributed by atoms with van der Waals surface area (Å²) in [7, 11) is 1.62. The van der Waals surface area contributed by atoms with Crippen molar-refractivity contribution in [3.8, 4) is 0 Å². The molecule has 4 heteroatoms. The van der Waals surface area contributed by atoms with E-state index < -0.39 is 0 Å². The maximum absolute atomic E-state index is 11.6. The van der Waals surface area contributed by atoms with Gasteiger partial charge in [-0.3, -0.25) is 9.59 Å². The first-order valence-electron chi connectivity index (χ1n) is 4.20. The summed E-state index contributed by atoms with van der Waals surface area (Å²) in [6, 6.07) is 1.33. The fourth-order valence-corrected chi connectivity index (χ4v) is 1.07. The topological polar surface area (TPSA) is 53.2 Å². The molecule has 1 heterocycles. The standard InChI is InChI=1S/C10H12N2O2/c1-3-6-12(2)10(14)8-7-11-5-4-9(8)13/h3-5,7H,1,6H2,2H3,(H,11,13). The highest BCUT2D eigenvalue weighted by atomic mass is 16.2. The Kier molecular flexibility index (Phi) is 3.23.